The van der Waals surface area contributed by atoms with Crippen LogP contribution in [0.3, 0.4) is 0 Å². The van der Waals surface area contributed by atoms with Crippen LogP contribution < -0.4 is 0 Å². The van der Waals surface area contributed by atoms with Crippen LogP contribution in [0.15, 0.2) is 12.2 Å². The Hall–Kier alpha value is 1.67. The Morgan fingerprint density at radius 2 is 0.638 bits per heavy atom. The van der Waals surface area contributed by atoms with Crippen molar-refractivity contribution in [3.63, 3.8) is 0 Å². The summed E-state index contributed by atoms with van der Waals surface area (Å²) in [5.74, 6) is -0.324. The third-order valence-electron chi connectivity index (χ3n) is 8.99. The molecule has 0 bridgehead atoms. The zero-order chi connectivity index (χ0) is 46.8. The van der Waals surface area contributed by atoms with Gasteiger partial charge in [0.2, 0.25) is 9.76 Å². The summed E-state index contributed by atoms with van der Waals surface area (Å²) in [5, 5.41) is 0. The summed E-state index contributed by atoms with van der Waals surface area (Å²) in [6, 6.07) is 0.740. The standard InChI is InChI=1S/C34H92O11Si13/c1-32(2)33(35)36-46-31-30-34(50(12,13)40-56(24,25)43-53(18,19)37-47(3,4)5,51(14,15)41-57(26,27)44-54(20,21)38-48(6,7)8)52(16,17)42-58(28,29)45-55(22,23)39-49(9,10)11/h1,30-31,46H2,2-29H3. The third kappa shape index (κ3) is 20.7. The van der Waals surface area contributed by atoms with Crippen LogP contribution >= 0.6 is 0 Å². The molecule has 346 valence electrons. The molecule has 0 saturated carbocycles. The molecule has 0 aliphatic heterocycles. The van der Waals surface area contributed by atoms with Gasteiger partial charge in [0.15, 0.2) is 49.9 Å². The molecular formula is C34H92O11Si13. The van der Waals surface area contributed by atoms with E-state index in [1.807, 2.05) is 0 Å². The van der Waals surface area contributed by atoms with Gasteiger partial charge in [-0.05, 0) is 196 Å². The largest absolute Gasteiger partial charge is 0.522 e. The van der Waals surface area contributed by atoms with Crippen LogP contribution in [0.1, 0.15) is 13.3 Å². The fraction of sp³-hybridized carbons (Fsp3) is 0.912. The van der Waals surface area contributed by atoms with E-state index in [0.717, 1.165) is 12.5 Å². The van der Waals surface area contributed by atoms with Gasteiger partial charge < -0.3 is 41.5 Å². The maximum atomic E-state index is 12.7. The van der Waals surface area contributed by atoms with Gasteiger partial charge in [-0.2, -0.15) is 0 Å². The maximum absolute atomic E-state index is 12.7. The average Bonchev–Trinajstić information content (AvgIpc) is 2.78. The Balaban J connectivity index is 8.01. The second kappa shape index (κ2) is 20.0. The number of rotatable bonds is 26. The first-order chi connectivity index (χ1) is 24.9. The molecule has 0 heterocycles. The zero-order valence-electron chi connectivity index (χ0n) is 42.8. The average molecular weight is 1040 g/mol. The first-order valence-corrected chi connectivity index (χ1v) is 58.5. The molecule has 0 rings (SSSR count). The highest BCUT2D eigenvalue weighted by Gasteiger charge is 2.71. The second-order valence-corrected chi connectivity index (χ2v) is 74.5. The predicted molar refractivity (Wildman–Crippen MR) is 279 cm³/mol. The Labute approximate surface area is 373 Å². The molecule has 0 amide bonds. The molecule has 0 aromatic rings. The molecule has 0 aromatic carbocycles. The summed E-state index contributed by atoms with van der Waals surface area (Å²) in [6.45, 7) is 65.6. The molecule has 0 atom stereocenters. The SMILES string of the molecule is C=C(C)C(=O)O[SiH2]CCC([Si](C)(C)O[Si](C)(C)O[Si](C)(C)O[Si](C)(C)C)([Si](C)(C)O[Si](C)(C)O[Si](C)(C)O[Si](C)(C)C)[Si](C)(C)O[Si](C)(C)O[Si](C)(C)O[Si](C)(C)C. The summed E-state index contributed by atoms with van der Waals surface area (Å²) in [7, 11) is -32.2. The first kappa shape index (κ1) is 59.7. The van der Waals surface area contributed by atoms with Crippen molar-refractivity contribution in [2.75, 3.05) is 0 Å². The van der Waals surface area contributed by atoms with Gasteiger partial charge in [-0.3, -0.25) is 0 Å². The molecule has 24 heteroatoms. The molecule has 0 saturated heterocycles. The van der Waals surface area contributed by atoms with Crippen LogP contribution in [-0.4, -0.2) is 117 Å². The van der Waals surface area contributed by atoms with Crippen molar-refractivity contribution in [1.29, 1.82) is 0 Å². The minimum absolute atomic E-state index is 0.324. The Morgan fingerprint density at radius 1 is 0.414 bits per heavy atom. The molecule has 0 unspecified atom stereocenters. The normalized spacial score (nSPS) is 15.7. The van der Waals surface area contributed by atoms with Crippen molar-refractivity contribution in [3.8, 4) is 0 Å². The Kier molecular flexibility index (Phi) is 20.6. The van der Waals surface area contributed by atoms with Crippen molar-refractivity contribution in [3.05, 3.63) is 12.2 Å². The minimum atomic E-state index is -2.98. The van der Waals surface area contributed by atoms with E-state index in [1.165, 1.54) is 0 Å². The molecule has 0 radical (unpaired) electrons. The van der Waals surface area contributed by atoms with E-state index in [4.69, 9.17) is 41.5 Å². The highest BCUT2D eigenvalue weighted by molar-refractivity contribution is 7.15. The fourth-order valence-electron chi connectivity index (χ4n) is 9.92. The molecular weight excluding hydrogens is 949 g/mol. The van der Waals surface area contributed by atoms with Crippen LogP contribution in [0.5, 0.6) is 0 Å². The highest BCUT2D eigenvalue weighted by atomic mass is 28.5. The summed E-state index contributed by atoms with van der Waals surface area (Å²) >= 11 is 0. The van der Waals surface area contributed by atoms with E-state index in [1.54, 1.807) is 6.92 Å². The van der Waals surface area contributed by atoms with Gasteiger partial charge in [0, 0.05) is 9.86 Å². The van der Waals surface area contributed by atoms with Crippen LogP contribution in [0.25, 0.3) is 0 Å². The van der Waals surface area contributed by atoms with Crippen LogP contribution in [-0.2, 0) is 46.3 Å². The monoisotopic (exact) mass is 1040 g/mol. The van der Waals surface area contributed by atoms with Crippen LogP contribution in [0, 0.1) is 0 Å². The van der Waals surface area contributed by atoms with Crippen molar-refractivity contribution < 1.29 is 46.3 Å². The van der Waals surface area contributed by atoms with Crippen molar-refractivity contribution in [2.24, 2.45) is 0 Å². The molecule has 0 fully saturated rings. The van der Waals surface area contributed by atoms with Crippen molar-refractivity contribution in [2.45, 2.75) is 200 Å². The van der Waals surface area contributed by atoms with Crippen molar-refractivity contribution in [1.82, 2.24) is 0 Å². The molecule has 0 aromatic heterocycles. The third-order valence-corrected chi connectivity index (χ3v) is 64.9. The van der Waals surface area contributed by atoms with Crippen molar-refractivity contribution >= 4 is 117 Å². The molecule has 0 N–H and O–H groups in total. The first-order valence-electron chi connectivity index (χ1n) is 21.1. The number of hydrogen-bond acceptors (Lipinski definition) is 11. The lowest BCUT2D eigenvalue weighted by molar-refractivity contribution is -0.130. The summed E-state index contributed by atoms with van der Waals surface area (Å²) in [6.07, 6.45) is 0.741. The zero-order valence-corrected chi connectivity index (χ0v) is 56.2. The van der Waals surface area contributed by atoms with E-state index >= 15 is 0 Å². The topological polar surface area (TPSA) is 109 Å². The lowest BCUT2D eigenvalue weighted by atomic mass is 10.4. The van der Waals surface area contributed by atoms with Crippen LogP contribution in [0.2, 0.25) is 187 Å². The fourth-order valence-corrected chi connectivity index (χ4v) is 86.7. The van der Waals surface area contributed by atoms with E-state index < -0.39 is 115 Å². The predicted octanol–water partition coefficient (Wildman–Crippen LogP) is 11.3. The van der Waals surface area contributed by atoms with Gasteiger partial charge in [0.05, 0.1) is 0 Å². The maximum Gasteiger partial charge on any atom is 0.319 e. The second-order valence-electron chi connectivity index (χ2n) is 23.1. The Bertz CT molecular complexity index is 1250. The number of carbonyl (C=O) groups excluding carboxylic acids is 1. The van der Waals surface area contributed by atoms with Gasteiger partial charge in [-0.15, -0.1) is 0 Å². The Morgan fingerprint density at radius 3 is 0.845 bits per heavy atom. The van der Waals surface area contributed by atoms with Crippen LogP contribution in [0.4, 0.5) is 0 Å². The van der Waals surface area contributed by atoms with E-state index in [2.05, 4.69) is 183 Å². The molecule has 58 heavy (non-hydrogen) atoms. The quantitative estimate of drug-likeness (QED) is 0.0469. The number of hydrogen-bond donors (Lipinski definition) is 0. The van der Waals surface area contributed by atoms with E-state index in [0.29, 0.717) is 5.57 Å². The molecule has 0 spiro atoms. The summed E-state index contributed by atoms with van der Waals surface area (Å²) in [5.41, 5.74) is 0.416. The summed E-state index contributed by atoms with van der Waals surface area (Å²) in [4.78, 5) is 12.7. The lowest BCUT2D eigenvalue weighted by Crippen LogP contribution is -2.76. The highest BCUT2D eigenvalue weighted by Crippen LogP contribution is 2.60. The smallest absolute Gasteiger partial charge is 0.319 e. The number of carbonyl (C=O) groups is 1. The molecule has 0 aliphatic carbocycles. The molecule has 0 aliphatic rings. The van der Waals surface area contributed by atoms with Gasteiger partial charge in [-0.25, -0.2) is 4.79 Å². The lowest BCUT2D eigenvalue weighted by Gasteiger charge is -2.62. The van der Waals surface area contributed by atoms with Gasteiger partial charge in [0.1, 0.15) is 0 Å². The molecule has 11 nitrogen and oxygen atoms in total. The van der Waals surface area contributed by atoms with Gasteiger partial charge in [-0.1, -0.05) is 6.58 Å². The van der Waals surface area contributed by atoms with E-state index in [9.17, 15) is 4.79 Å². The van der Waals surface area contributed by atoms with E-state index in [-0.39, 0.29) is 5.97 Å². The van der Waals surface area contributed by atoms with Gasteiger partial charge in [0.25, 0.3) is 0 Å². The van der Waals surface area contributed by atoms with Gasteiger partial charge >= 0.3 is 57.3 Å². The summed E-state index contributed by atoms with van der Waals surface area (Å²) < 4.78 is 70.1. The minimum Gasteiger partial charge on any atom is -0.522 e.